The maximum Gasteiger partial charge on any atom is 0.257 e. The molecule has 0 aliphatic heterocycles. The van der Waals surface area contributed by atoms with E-state index in [0.29, 0.717) is 32.6 Å². The van der Waals surface area contributed by atoms with Gasteiger partial charge >= 0.3 is 0 Å². The highest BCUT2D eigenvalue weighted by molar-refractivity contribution is 6.35. The highest BCUT2D eigenvalue weighted by Gasteiger charge is 2.18. The monoisotopic (exact) mass is 449 g/mol. The van der Waals surface area contributed by atoms with Crippen molar-refractivity contribution in [2.45, 2.75) is 19.9 Å². The summed E-state index contributed by atoms with van der Waals surface area (Å²) in [5, 5.41) is 12.6. The predicted molar refractivity (Wildman–Crippen MR) is 115 cm³/mol. The third kappa shape index (κ3) is 4.87. The first-order valence-corrected chi connectivity index (χ1v) is 9.77. The zero-order valence-electron chi connectivity index (χ0n) is 16.0. The number of benzene rings is 2. The van der Waals surface area contributed by atoms with Crippen molar-refractivity contribution in [1.29, 1.82) is 0 Å². The van der Waals surface area contributed by atoms with Crippen LogP contribution >= 0.6 is 23.2 Å². The molecular weight excluding hydrogens is 432 g/mol. The summed E-state index contributed by atoms with van der Waals surface area (Å²) >= 11 is 12.0. The molecule has 0 spiro atoms. The molecule has 0 unspecified atom stereocenters. The van der Waals surface area contributed by atoms with Gasteiger partial charge in [-0.2, -0.15) is 0 Å². The Labute approximate surface area is 181 Å². The smallest absolute Gasteiger partial charge is 0.257 e. The fourth-order valence-electron chi connectivity index (χ4n) is 2.99. The van der Waals surface area contributed by atoms with Gasteiger partial charge in [-0.3, -0.25) is 14.2 Å². The first kappa shape index (κ1) is 22.0. The van der Waals surface area contributed by atoms with Crippen LogP contribution in [0.25, 0.3) is 11.4 Å². The number of hydrogen-bond donors (Lipinski definition) is 2. The lowest BCUT2D eigenvalue weighted by Crippen LogP contribution is -2.33. The third-order valence-corrected chi connectivity index (χ3v) is 5.00. The van der Waals surface area contributed by atoms with Gasteiger partial charge in [0.25, 0.3) is 5.56 Å². The fraction of sp³-hybridized carbons (Fsp3) is 0.190. The Morgan fingerprint density at radius 2 is 1.90 bits per heavy atom. The minimum atomic E-state index is -0.523. The zero-order chi connectivity index (χ0) is 21.8. The van der Waals surface area contributed by atoms with Gasteiger partial charge in [0, 0.05) is 34.9 Å². The van der Waals surface area contributed by atoms with Crippen LogP contribution in [0.2, 0.25) is 10.0 Å². The van der Waals surface area contributed by atoms with Gasteiger partial charge in [-0.05, 0) is 49.4 Å². The molecule has 0 bridgehead atoms. The number of amides is 1. The van der Waals surface area contributed by atoms with Crippen LogP contribution in [0.15, 0.2) is 47.3 Å². The molecular formula is C21H18Cl2FN3O3. The van der Waals surface area contributed by atoms with Crippen molar-refractivity contribution in [3.8, 4) is 11.4 Å². The maximum atomic E-state index is 13.3. The minimum Gasteiger partial charge on any atom is -0.396 e. The molecule has 3 aromatic rings. The molecule has 156 valence electrons. The van der Waals surface area contributed by atoms with E-state index >= 15 is 0 Å². The van der Waals surface area contributed by atoms with Gasteiger partial charge in [0.2, 0.25) is 5.91 Å². The van der Waals surface area contributed by atoms with Crippen molar-refractivity contribution >= 4 is 34.8 Å². The van der Waals surface area contributed by atoms with Gasteiger partial charge in [0.1, 0.15) is 18.2 Å². The molecule has 1 heterocycles. The number of aliphatic hydroxyl groups is 1. The van der Waals surface area contributed by atoms with Crippen LogP contribution in [-0.4, -0.2) is 27.2 Å². The van der Waals surface area contributed by atoms with Gasteiger partial charge in [-0.25, -0.2) is 9.37 Å². The number of aryl methyl sites for hydroxylation is 1. The average Bonchev–Trinajstić information content (AvgIpc) is 2.70. The van der Waals surface area contributed by atoms with Gasteiger partial charge in [-0.1, -0.05) is 23.2 Å². The van der Waals surface area contributed by atoms with E-state index in [2.05, 4.69) is 10.3 Å². The van der Waals surface area contributed by atoms with E-state index < -0.39 is 17.3 Å². The van der Waals surface area contributed by atoms with Crippen molar-refractivity contribution in [3.63, 3.8) is 0 Å². The number of anilines is 1. The summed E-state index contributed by atoms with van der Waals surface area (Å²) in [6.45, 7) is 1.05. The van der Waals surface area contributed by atoms with Crippen LogP contribution in [-0.2, 0) is 17.8 Å². The molecule has 9 heteroatoms. The van der Waals surface area contributed by atoms with E-state index in [1.54, 1.807) is 19.1 Å². The third-order valence-electron chi connectivity index (χ3n) is 4.44. The lowest BCUT2D eigenvalue weighted by Gasteiger charge is -2.16. The van der Waals surface area contributed by atoms with Crippen LogP contribution in [0.4, 0.5) is 10.1 Å². The summed E-state index contributed by atoms with van der Waals surface area (Å²) in [5.41, 5.74) is 1.06. The lowest BCUT2D eigenvalue weighted by molar-refractivity contribution is -0.116. The van der Waals surface area contributed by atoms with E-state index in [0.717, 1.165) is 0 Å². The number of aliphatic hydroxyl groups excluding tert-OH is 1. The average molecular weight is 450 g/mol. The topological polar surface area (TPSA) is 84.2 Å². The number of halogens is 3. The van der Waals surface area contributed by atoms with Crippen molar-refractivity contribution in [2.24, 2.45) is 0 Å². The van der Waals surface area contributed by atoms with Crippen molar-refractivity contribution < 1.29 is 14.3 Å². The molecule has 2 N–H and O–H groups in total. The molecule has 0 saturated heterocycles. The largest absolute Gasteiger partial charge is 0.396 e. The maximum absolute atomic E-state index is 13.3. The molecule has 0 fully saturated rings. The number of aromatic nitrogens is 2. The number of carbonyl (C=O) groups is 1. The highest BCUT2D eigenvalue weighted by Crippen LogP contribution is 2.25. The first-order valence-electron chi connectivity index (χ1n) is 9.02. The van der Waals surface area contributed by atoms with Crippen molar-refractivity contribution in [3.05, 3.63) is 79.9 Å². The van der Waals surface area contributed by atoms with Crippen LogP contribution in [0, 0.1) is 12.7 Å². The number of nitrogens with zero attached hydrogens (tertiary/aromatic N) is 2. The van der Waals surface area contributed by atoms with Gasteiger partial charge < -0.3 is 10.4 Å². The summed E-state index contributed by atoms with van der Waals surface area (Å²) < 4.78 is 14.5. The molecule has 3 rings (SSSR count). The molecule has 0 radical (unpaired) electrons. The fourth-order valence-corrected chi connectivity index (χ4v) is 3.33. The van der Waals surface area contributed by atoms with Crippen LogP contribution in [0.5, 0.6) is 0 Å². The van der Waals surface area contributed by atoms with Crippen LogP contribution < -0.4 is 10.9 Å². The number of carbonyl (C=O) groups excluding carboxylic acids is 1. The quantitative estimate of drug-likeness (QED) is 0.598. The Kier molecular flexibility index (Phi) is 6.87. The summed E-state index contributed by atoms with van der Waals surface area (Å²) in [7, 11) is 0. The van der Waals surface area contributed by atoms with E-state index in [1.165, 1.54) is 34.9 Å². The highest BCUT2D eigenvalue weighted by atomic mass is 35.5. The normalized spacial score (nSPS) is 10.8. The van der Waals surface area contributed by atoms with Crippen LogP contribution in [0.1, 0.15) is 11.3 Å². The van der Waals surface area contributed by atoms with Crippen LogP contribution in [0.3, 0.4) is 0 Å². The molecule has 0 atom stereocenters. The second kappa shape index (κ2) is 9.38. The zero-order valence-corrected chi connectivity index (χ0v) is 17.5. The van der Waals surface area contributed by atoms with E-state index in [-0.39, 0.29) is 25.4 Å². The van der Waals surface area contributed by atoms with Crippen molar-refractivity contribution in [2.75, 3.05) is 11.9 Å². The molecule has 6 nitrogen and oxygen atoms in total. The van der Waals surface area contributed by atoms with Crippen molar-refractivity contribution in [1.82, 2.24) is 9.55 Å². The van der Waals surface area contributed by atoms with Gasteiger partial charge in [0.15, 0.2) is 0 Å². The Morgan fingerprint density at radius 1 is 1.20 bits per heavy atom. The second-order valence-corrected chi connectivity index (χ2v) is 7.39. The molecule has 0 saturated carbocycles. The molecule has 0 aliphatic carbocycles. The number of nitrogens with one attached hydrogen (secondary N) is 1. The SMILES string of the molecule is Cc1nc(-c2ccc(F)cc2)n(CC(=O)Nc2cc(Cl)ccc2Cl)c(=O)c1CCO. The molecule has 1 amide bonds. The number of rotatable bonds is 6. The standard InChI is InChI=1S/C21H18Cl2FN3O3/c1-12-16(8-9-28)21(30)27(20(25-12)13-2-5-15(24)6-3-13)11-19(29)26-18-10-14(22)4-7-17(18)23/h2-7,10,28H,8-9,11H2,1H3,(H,26,29). The van der Waals surface area contributed by atoms with Gasteiger partial charge in [-0.15, -0.1) is 0 Å². The van der Waals surface area contributed by atoms with Gasteiger partial charge in [0.05, 0.1) is 10.7 Å². The first-order chi connectivity index (χ1) is 14.3. The summed E-state index contributed by atoms with van der Waals surface area (Å²) in [5.74, 6) is -0.744. The summed E-state index contributed by atoms with van der Waals surface area (Å²) in [6.07, 6.45) is 0.100. The Hall–Kier alpha value is -2.74. The lowest BCUT2D eigenvalue weighted by atomic mass is 10.1. The summed E-state index contributed by atoms with van der Waals surface area (Å²) in [6, 6.07) is 10.1. The Morgan fingerprint density at radius 3 is 2.57 bits per heavy atom. The van der Waals surface area contributed by atoms with E-state index in [4.69, 9.17) is 23.2 Å². The predicted octanol–water partition coefficient (Wildman–Crippen LogP) is 3.84. The summed E-state index contributed by atoms with van der Waals surface area (Å²) in [4.78, 5) is 30.2. The molecule has 1 aromatic heterocycles. The Balaban J connectivity index is 2.03. The Bertz CT molecular complexity index is 1150. The molecule has 30 heavy (non-hydrogen) atoms. The molecule has 2 aromatic carbocycles. The number of hydrogen-bond acceptors (Lipinski definition) is 4. The van der Waals surface area contributed by atoms with E-state index in [1.807, 2.05) is 0 Å². The second-order valence-electron chi connectivity index (χ2n) is 6.54. The molecule has 0 aliphatic rings. The van der Waals surface area contributed by atoms with E-state index in [9.17, 15) is 19.1 Å². The minimum absolute atomic E-state index is 0.100.